The van der Waals surface area contributed by atoms with E-state index >= 15 is 0 Å². The number of rotatable bonds is 7. The number of halogens is 1. The number of carbonyl (C=O) groups excluding carboxylic acids is 2. The summed E-state index contributed by atoms with van der Waals surface area (Å²) in [5.74, 6) is -2.01. The van der Waals surface area contributed by atoms with Crippen LogP contribution in [0.3, 0.4) is 0 Å². The lowest BCUT2D eigenvalue weighted by molar-refractivity contribution is -0.384. The van der Waals surface area contributed by atoms with Crippen LogP contribution < -0.4 is 4.74 Å². The number of aliphatic hydroxyl groups excluding tert-OH is 1. The van der Waals surface area contributed by atoms with Crippen molar-refractivity contribution in [3.63, 3.8) is 0 Å². The molecule has 2 heterocycles. The molecule has 192 valence electrons. The Morgan fingerprint density at radius 3 is 2.47 bits per heavy atom. The molecule has 1 aromatic heterocycles. The van der Waals surface area contributed by atoms with Gasteiger partial charge in [-0.15, -0.1) is 0 Å². The smallest absolute Gasteiger partial charge is 0.295 e. The van der Waals surface area contributed by atoms with Gasteiger partial charge < -0.3 is 19.7 Å². The zero-order valence-corrected chi connectivity index (χ0v) is 20.2. The summed E-state index contributed by atoms with van der Waals surface area (Å²) in [4.78, 5) is 41.6. The van der Waals surface area contributed by atoms with Gasteiger partial charge in [0.2, 0.25) is 0 Å². The fourth-order valence-corrected chi connectivity index (χ4v) is 4.73. The quantitative estimate of drug-likeness (QED) is 0.119. The van der Waals surface area contributed by atoms with Crippen molar-refractivity contribution in [3.8, 4) is 5.75 Å². The molecule has 10 heteroatoms. The third-order valence-electron chi connectivity index (χ3n) is 6.67. The van der Waals surface area contributed by atoms with Crippen molar-refractivity contribution in [2.45, 2.75) is 12.5 Å². The Hall–Kier alpha value is -4.99. The summed E-state index contributed by atoms with van der Waals surface area (Å²) >= 11 is 0. The number of ketones is 1. The number of Topliss-reactive ketones (excluding diaryl/α,β-unsaturated/α-hetero) is 1. The minimum absolute atomic E-state index is 0.122. The standard InChI is InChI=1S/C28H22FN3O6/c1-38-21-10-11-23-22(14-21)18(15-30-23)12-13-31-25(16-4-8-20(9-5-16)32(36)37)24(27(34)28(31)35)26(33)17-2-6-19(29)7-3-17/h2-11,14-15,25,30,33H,12-13H2,1H3/b26-24-. The number of methoxy groups -OCH3 is 1. The number of nitrogens with zero attached hydrogens (tertiary/aromatic N) is 2. The number of aromatic amines is 1. The number of hydrogen-bond acceptors (Lipinski definition) is 6. The van der Waals surface area contributed by atoms with Crippen LogP contribution in [0.1, 0.15) is 22.7 Å². The molecule has 0 radical (unpaired) electrons. The lowest BCUT2D eigenvalue weighted by atomic mass is 9.95. The highest BCUT2D eigenvalue weighted by Crippen LogP contribution is 2.40. The molecule has 1 fully saturated rings. The number of aliphatic hydroxyl groups is 1. The van der Waals surface area contributed by atoms with Gasteiger partial charge in [-0.3, -0.25) is 19.7 Å². The topological polar surface area (TPSA) is 126 Å². The van der Waals surface area contributed by atoms with Crippen molar-refractivity contribution in [2.75, 3.05) is 13.7 Å². The number of non-ortho nitro benzene ring substituents is 1. The SMILES string of the molecule is COc1ccc2[nH]cc(CCN3C(=O)C(=O)/C(=C(\O)c4ccc(F)cc4)C3c3ccc([N+](=O)[O-])cc3)c2c1. The number of hydrogen-bond donors (Lipinski definition) is 2. The Morgan fingerprint density at radius 1 is 1.11 bits per heavy atom. The van der Waals surface area contributed by atoms with E-state index in [1.54, 1.807) is 7.11 Å². The van der Waals surface area contributed by atoms with Gasteiger partial charge in [-0.05, 0) is 72.1 Å². The highest BCUT2D eigenvalue weighted by molar-refractivity contribution is 6.46. The highest BCUT2D eigenvalue weighted by Gasteiger charge is 2.46. The lowest BCUT2D eigenvalue weighted by Crippen LogP contribution is -2.31. The Morgan fingerprint density at radius 2 is 1.82 bits per heavy atom. The molecule has 1 amide bonds. The van der Waals surface area contributed by atoms with E-state index in [0.29, 0.717) is 17.7 Å². The first-order valence-electron chi connectivity index (χ1n) is 11.7. The van der Waals surface area contributed by atoms with Gasteiger partial charge in [0.25, 0.3) is 17.4 Å². The van der Waals surface area contributed by atoms with Crippen LogP contribution in [0.5, 0.6) is 5.75 Å². The van der Waals surface area contributed by atoms with Crippen molar-refractivity contribution in [3.05, 3.63) is 111 Å². The molecule has 1 saturated heterocycles. The maximum absolute atomic E-state index is 13.5. The van der Waals surface area contributed by atoms with Gasteiger partial charge in [-0.2, -0.15) is 0 Å². The Kier molecular flexibility index (Phi) is 6.38. The number of ether oxygens (including phenoxy) is 1. The first kappa shape index (κ1) is 24.7. The molecule has 1 aliphatic heterocycles. The number of fused-ring (bicyclic) bond motifs is 1. The van der Waals surface area contributed by atoms with E-state index in [-0.39, 0.29) is 23.4 Å². The minimum atomic E-state index is -0.999. The molecule has 9 nitrogen and oxygen atoms in total. The molecule has 1 aliphatic rings. The second kappa shape index (κ2) is 9.81. The zero-order chi connectivity index (χ0) is 27.0. The van der Waals surface area contributed by atoms with Gasteiger partial charge in [0.05, 0.1) is 23.6 Å². The van der Waals surface area contributed by atoms with Gasteiger partial charge in [0.15, 0.2) is 0 Å². The molecule has 1 atom stereocenters. The first-order chi connectivity index (χ1) is 18.3. The Balaban J connectivity index is 1.56. The van der Waals surface area contributed by atoms with Crippen LogP contribution in [-0.4, -0.2) is 45.3 Å². The third kappa shape index (κ3) is 4.36. The number of nitrogens with one attached hydrogen (secondary N) is 1. The zero-order valence-electron chi connectivity index (χ0n) is 20.2. The van der Waals surface area contributed by atoms with Crippen LogP contribution in [0.4, 0.5) is 10.1 Å². The van der Waals surface area contributed by atoms with Crippen molar-refractivity contribution in [2.24, 2.45) is 0 Å². The van der Waals surface area contributed by atoms with Crippen LogP contribution in [0, 0.1) is 15.9 Å². The Labute approximate surface area is 215 Å². The first-order valence-corrected chi connectivity index (χ1v) is 11.7. The van der Waals surface area contributed by atoms with E-state index in [0.717, 1.165) is 28.6 Å². The number of carbonyl (C=O) groups is 2. The summed E-state index contributed by atoms with van der Waals surface area (Å²) in [5, 5.41) is 23.1. The summed E-state index contributed by atoms with van der Waals surface area (Å²) in [7, 11) is 1.57. The average Bonchev–Trinajstić information content (AvgIpc) is 3.44. The van der Waals surface area contributed by atoms with Crippen LogP contribution >= 0.6 is 0 Å². The van der Waals surface area contributed by atoms with Gasteiger partial charge >= 0.3 is 0 Å². The molecule has 1 unspecified atom stereocenters. The van der Waals surface area contributed by atoms with Crippen molar-refractivity contribution < 1.29 is 28.7 Å². The largest absolute Gasteiger partial charge is 0.507 e. The van der Waals surface area contributed by atoms with E-state index in [1.807, 2.05) is 24.4 Å². The predicted octanol–water partition coefficient (Wildman–Crippen LogP) is 4.89. The van der Waals surface area contributed by atoms with E-state index in [1.165, 1.54) is 41.3 Å². The van der Waals surface area contributed by atoms with Gasteiger partial charge in [0, 0.05) is 41.3 Å². The molecule has 38 heavy (non-hydrogen) atoms. The lowest BCUT2D eigenvalue weighted by Gasteiger charge is -2.25. The van der Waals surface area contributed by atoms with E-state index < -0.39 is 34.2 Å². The second-order valence-corrected chi connectivity index (χ2v) is 8.82. The molecule has 0 saturated carbocycles. The molecule has 0 bridgehead atoms. The van der Waals surface area contributed by atoms with E-state index in [2.05, 4.69) is 4.98 Å². The van der Waals surface area contributed by atoms with Crippen molar-refractivity contribution in [1.29, 1.82) is 0 Å². The number of amides is 1. The second-order valence-electron chi connectivity index (χ2n) is 8.82. The minimum Gasteiger partial charge on any atom is -0.507 e. The van der Waals surface area contributed by atoms with Crippen molar-refractivity contribution >= 4 is 34.0 Å². The molecule has 5 rings (SSSR count). The molecule has 4 aromatic rings. The molecular weight excluding hydrogens is 493 g/mol. The maximum Gasteiger partial charge on any atom is 0.295 e. The van der Waals surface area contributed by atoms with Crippen molar-refractivity contribution in [1.82, 2.24) is 9.88 Å². The highest BCUT2D eigenvalue weighted by atomic mass is 19.1. The summed E-state index contributed by atoms with van der Waals surface area (Å²) in [6, 6.07) is 14.9. The molecule has 3 aromatic carbocycles. The third-order valence-corrected chi connectivity index (χ3v) is 6.67. The van der Waals surface area contributed by atoms with E-state index in [4.69, 9.17) is 4.74 Å². The molecular formula is C28H22FN3O6. The molecule has 2 N–H and O–H groups in total. The van der Waals surface area contributed by atoms with Crippen LogP contribution in [0.15, 0.2) is 78.5 Å². The van der Waals surface area contributed by atoms with Gasteiger partial charge in [-0.25, -0.2) is 4.39 Å². The number of aromatic nitrogens is 1. The summed E-state index contributed by atoms with van der Waals surface area (Å²) in [6.45, 7) is 0.122. The number of likely N-dealkylation sites (tertiary alicyclic amines) is 1. The fourth-order valence-electron chi connectivity index (χ4n) is 4.73. The number of benzene rings is 3. The Bertz CT molecular complexity index is 1590. The van der Waals surface area contributed by atoms with Crippen LogP contribution in [-0.2, 0) is 16.0 Å². The molecule has 0 aliphatic carbocycles. The van der Waals surface area contributed by atoms with Gasteiger partial charge in [0.1, 0.15) is 17.3 Å². The normalized spacial score (nSPS) is 16.8. The number of H-pyrrole nitrogens is 1. The van der Waals surface area contributed by atoms with Crippen LogP contribution in [0.25, 0.3) is 16.7 Å². The molecule has 0 spiro atoms. The summed E-state index contributed by atoms with van der Waals surface area (Å²) < 4.78 is 18.8. The summed E-state index contributed by atoms with van der Waals surface area (Å²) in [6.07, 6.45) is 2.19. The van der Waals surface area contributed by atoms with Gasteiger partial charge in [-0.1, -0.05) is 0 Å². The van der Waals surface area contributed by atoms with E-state index in [9.17, 15) is 29.2 Å². The number of nitro benzene ring substituents is 1. The average molecular weight is 515 g/mol. The summed E-state index contributed by atoms with van der Waals surface area (Å²) in [5.41, 5.74) is 2.03. The maximum atomic E-state index is 13.5. The predicted molar refractivity (Wildman–Crippen MR) is 137 cm³/mol. The monoisotopic (exact) mass is 515 g/mol. The number of nitro groups is 1. The fraction of sp³-hybridized carbons (Fsp3) is 0.143. The van der Waals surface area contributed by atoms with Crippen LogP contribution in [0.2, 0.25) is 0 Å².